The summed E-state index contributed by atoms with van der Waals surface area (Å²) in [5.41, 5.74) is 2.47. The molecule has 1 amide bonds. The number of hydrogen-bond acceptors (Lipinski definition) is 4. The van der Waals surface area contributed by atoms with Gasteiger partial charge in [-0.2, -0.15) is 0 Å². The zero-order valence-electron chi connectivity index (χ0n) is 15.1. The fourth-order valence-corrected chi connectivity index (χ4v) is 2.40. The minimum Gasteiger partial charge on any atom is -0.383 e. The molecule has 0 bridgehead atoms. The van der Waals surface area contributed by atoms with Gasteiger partial charge in [0.2, 0.25) is 0 Å². The molecule has 0 aliphatic carbocycles. The van der Waals surface area contributed by atoms with Crippen molar-refractivity contribution in [2.24, 2.45) is 0 Å². The van der Waals surface area contributed by atoms with Crippen LogP contribution in [0, 0.1) is 6.92 Å². The monoisotopic (exact) mass is 376 g/mol. The lowest BCUT2D eigenvalue weighted by Gasteiger charge is -2.10. The summed E-state index contributed by atoms with van der Waals surface area (Å²) >= 11 is 0. The van der Waals surface area contributed by atoms with Crippen LogP contribution in [0.5, 0.6) is 0 Å². The Balaban J connectivity index is 0.00000338. The molecule has 0 aromatic heterocycles. The van der Waals surface area contributed by atoms with Crippen LogP contribution < -0.4 is 10.6 Å². The number of rotatable bonds is 9. The van der Waals surface area contributed by atoms with Gasteiger partial charge in [0, 0.05) is 37.9 Å². The standard InChI is InChI=1S/C20H24N2O3.ClH/c1-15-7-9-16(10-8-15)19(23)17-5-3-4-6-18(17)20(24)22-12-11-21-13-14-25-2;/h3-10,21H,11-14H2,1-2H3,(H,22,24);1H. The van der Waals surface area contributed by atoms with Crippen molar-refractivity contribution in [3.63, 3.8) is 0 Å². The van der Waals surface area contributed by atoms with Crippen molar-refractivity contribution < 1.29 is 14.3 Å². The van der Waals surface area contributed by atoms with E-state index in [9.17, 15) is 9.59 Å². The minimum atomic E-state index is -0.246. The summed E-state index contributed by atoms with van der Waals surface area (Å²) in [5, 5.41) is 5.99. The van der Waals surface area contributed by atoms with Gasteiger partial charge in [-0.1, -0.05) is 48.0 Å². The molecule has 140 valence electrons. The van der Waals surface area contributed by atoms with E-state index in [2.05, 4.69) is 10.6 Å². The molecule has 2 rings (SSSR count). The number of benzene rings is 2. The van der Waals surface area contributed by atoms with E-state index in [-0.39, 0.29) is 24.1 Å². The van der Waals surface area contributed by atoms with Crippen LogP contribution in [0.1, 0.15) is 31.8 Å². The van der Waals surface area contributed by atoms with Crippen LogP contribution in [-0.2, 0) is 4.74 Å². The van der Waals surface area contributed by atoms with Crippen LogP contribution in [0.2, 0.25) is 0 Å². The molecule has 0 saturated carbocycles. The first-order chi connectivity index (χ1) is 12.1. The van der Waals surface area contributed by atoms with Gasteiger partial charge in [0.1, 0.15) is 0 Å². The maximum absolute atomic E-state index is 12.7. The van der Waals surface area contributed by atoms with E-state index in [1.165, 1.54) is 0 Å². The number of nitrogens with one attached hydrogen (secondary N) is 2. The second-order valence-electron chi connectivity index (χ2n) is 5.74. The van der Waals surface area contributed by atoms with Crippen molar-refractivity contribution >= 4 is 24.1 Å². The fourth-order valence-electron chi connectivity index (χ4n) is 2.40. The fraction of sp³-hybridized carbons (Fsp3) is 0.300. The molecule has 26 heavy (non-hydrogen) atoms. The van der Waals surface area contributed by atoms with E-state index in [1.54, 1.807) is 43.5 Å². The predicted molar refractivity (Wildman–Crippen MR) is 105 cm³/mol. The summed E-state index contributed by atoms with van der Waals surface area (Å²) in [6.07, 6.45) is 0. The zero-order valence-corrected chi connectivity index (χ0v) is 15.9. The Morgan fingerprint density at radius 3 is 2.23 bits per heavy atom. The SMILES string of the molecule is COCCNCCNC(=O)c1ccccc1C(=O)c1ccc(C)cc1.Cl. The lowest BCUT2D eigenvalue weighted by atomic mass is 9.97. The molecule has 2 aromatic carbocycles. The average Bonchev–Trinajstić information content (AvgIpc) is 2.64. The average molecular weight is 377 g/mol. The normalized spacial score (nSPS) is 10.1. The van der Waals surface area contributed by atoms with Crippen molar-refractivity contribution in [3.05, 3.63) is 70.8 Å². The number of methoxy groups -OCH3 is 1. The van der Waals surface area contributed by atoms with Gasteiger partial charge < -0.3 is 15.4 Å². The molecule has 0 spiro atoms. The second-order valence-corrected chi connectivity index (χ2v) is 5.74. The number of amides is 1. The highest BCUT2D eigenvalue weighted by Gasteiger charge is 2.17. The largest absolute Gasteiger partial charge is 0.383 e. The summed E-state index contributed by atoms with van der Waals surface area (Å²) < 4.78 is 4.94. The van der Waals surface area contributed by atoms with Gasteiger partial charge in [0.25, 0.3) is 5.91 Å². The molecule has 0 radical (unpaired) electrons. The van der Waals surface area contributed by atoms with E-state index in [0.29, 0.717) is 36.4 Å². The van der Waals surface area contributed by atoms with Crippen LogP contribution in [0.3, 0.4) is 0 Å². The number of halogens is 1. The molecule has 0 aliphatic rings. The molecule has 6 heteroatoms. The van der Waals surface area contributed by atoms with Crippen molar-refractivity contribution in [3.8, 4) is 0 Å². The predicted octanol–water partition coefficient (Wildman–Crippen LogP) is 2.61. The van der Waals surface area contributed by atoms with E-state index in [0.717, 1.165) is 12.1 Å². The van der Waals surface area contributed by atoms with Crippen molar-refractivity contribution in [1.29, 1.82) is 0 Å². The smallest absolute Gasteiger partial charge is 0.252 e. The number of aryl methyl sites for hydroxylation is 1. The maximum Gasteiger partial charge on any atom is 0.252 e. The molecule has 2 aromatic rings. The third kappa shape index (κ3) is 6.26. The lowest BCUT2D eigenvalue weighted by Crippen LogP contribution is -2.33. The van der Waals surface area contributed by atoms with E-state index < -0.39 is 0 Å². The van der Waals surface area contributed by atoms with Gasteiger partial charge in [0.15, 0.2) is 5.78 Å². The highest BCUT2D eigenvalue weighted by atomic mass is 35.5. The van der Waals surface area contributed by atoms with Gasteiger partial charge in [0.05, 0.1) is 12.2 Å². The summed E-state index contributed by atoms with van der Waals surface area (Å²) in [5.74, 6) is -0.395. The van der Waals surface area contributed by atoms with E-state index in [4.69, 9.17) is 4.74 Å². The third-order valence-electron chi connectivity index (χ3n) is 3.80. The summed E-state index contributed by atoms with van der Waals surface area (Å²) in [6.45, 7) is 4.45. The summed E-state index contributed by atoms with van der Waals surface area (Å²) in [6, 6.07) is 14.2. The van der Waals surface area contributed by atoms with Crippen LogP contribution in [0.4, 0.5) is 0 Å². The first-order valence-electron chi connectivity index (χ1n) is 8.31. The topological polar surface area (TPSA) is 67.4 Å². The summed E-state index contributed by atoms with van der Waals surface area (Å²) in [4.78, 5) is 25.2. The first-order valence-corrected chi connectivity index (χ1v) is 8.31. The number of hydrogen-bond donors (Lipinski definition) is 2. The molecule has 0 saturated heterocycles. The van der Waals surface area contributed by atoms with Crippen LogP contribution in [0.25, 0.3) is 0 Å². The molecule has 5 nitrogen and oxygen atoms in total. The second kappa shape index (κ2) is 11.4. The Kier molecular flexibility index (Phi) is 9.58. The molecule has 2 N–H and O–H groups in total. The number of ether oxygens (including phenoxy) is 1. The molecule has 0 atom stereocenters. The van der Waals surface area contributed by atoms with Gasteiger partial charge in [-0.15, -0.1) is 12.4 Å². The molecular weight excluding hydrogens is 352 g/mol. The first kappa shape index (κ1) is 21.8. The molecule has 0 aliphatic heterocycles. The number of carbonyl (C=O) groups is 2. The third-order valence-corrected chi connectivity index (χ3v) is 3.80. The maximum atomic E-state index is 12.7. The molecule has 0 fully saturated rings. The molecular formula is C20H25ClN2O3. The van der Waals surface area contributed by atoms with Crippen LogP contribution in [-0.4, -0.2) is 45.0 Å². The quantitative estimate of drug-likeness (QED) is 0.521. The zero-order chi connectivity index (χ0) is 18.1. The van der Waals surface area contributed by atoms with Gasteiger partial charge in [-0.3, -0.25) is 9.59 Å². The Morgan fingerprint density at radius 2 is 1.58 bits per heavy atom. The lowest BCUT2D eigenvalue weighted by molar-refractivity contribution is 0.0942. The highest BCUT2D eigenvalue weighted by molar-refractivity contribution is 6.15. The Hall–Kier alpha value is -2.21. The van der Waals surface area contributed by atoms with Crippen LogP contribution >= 0.6 is 12.4 Å². The molecule has 0 heterocycles. The van der Waals surface area contributed by atoms with Gasteiger partial charge in [-0.05, 0) is 13.0 Å². The van der Waals surface area contributed by atoms with Crippen molar-refractivity contribution in [2.45, 2.75) is 6.92 Å². The Labute approximate surface area is 160 Å². The van der Waals surface area contributed by atoms with Crippen molar-refractivity contribution in [1.82, 2.24) is 10.6 Å². The molecule has 0 unspecified atom stereocenters. The summed E-state index contributed by atoms with van der Waals surface area (Å²) in [7, 11) is 1.64. The Morgan fingerprint density at radius 1 is 0.923 bits per heavy atom. The van der Waals surface area contributed by atoms with Gasteiger partial charge >= 0.3 is 0 Å². The number of carbonyl (C=O) groups excluding carboxylic acids is 2. The minimum absolute atomic E-state index is 0. The van der Waals surface area contributed by atoms with E-state index in [1.807, 2.05) is 19.1 Å². The van der Waals surface area contributed by atoms with E-state index >= 15 is 0 Å². The van der Waals surface area contributed by atoms with Gasteiger partial charge in [-0.25, -0.2) is 0 Å². The van der Waals surface area contributed by atoms with Crippen molar-refractivity contribution in [2.75, 3.05) is 33.4 Å². The number of ketones is 1. The van der Waals surface area contributed by atoms with Crippen LogP contribution in [0.15, 0.2) is 48.5 Å². The Bertz CT molecular complexity index is 717. The highest BCUT2D eigenvalue weighted by Crippen LogP contribution is 2.15.